The largest absolute Gasteiger partial charge is 0.389 e. The van der Waals surface area contributed by atoms with Crippen molar-refractivity contribution < 1.29 is 4.39 Å². The first-order valence-electron chi connectivity index (χ1n) is 6.35. The molecule has 0 saturated carbocycles. The highest BCUT2D eigenvalue weighted by Gasteiger charge is 2.07. The molecule has 0 atom stereocenters. The van der Waals surface area contributed by atoms with E-state index in [4.69, 9.17) is 18.0 Å². The zero-order valence-corrected chi connectivity index (χ0v) is 11.8. The number of benzene rings is 2. The van der Waals surface area contributed by atoms with Crippen LogP contribution in [0.25, 0.3) is 10.9 Å². The highest BCUT2D eigenvalue weighted by Crippen LogP contribution is 2.25. The fourth-order valence-corrected chi connectivity index (χ4v) is 2.32. The summed E-state index contributed by atoms with van der Waals surface area (Å²) in [6.45, 7) is 0. The van der Waals surface area contributed by atoms with Gasteiger partial charge < -0.3 is 11.1 Å². The van der Waals surface area contributed by atoms with Crippen LogP contribution in [0.1, 0.15) is 5.56 Å². The number of nitrogens with one attached hydrogen (secondary N) is 1. The second kappa shape index (κ2) is 5.46. The fourth-order valence-electron chi connectivity index (χ4n) is 2.15. The van der Waals surface area contributed by atoms with Crippen molar-refractivity contribution >= 4 is 39.5 Å². The molecule has 0 aliphatic carbocycles. The SMILES string of the molecule is NC(=S)c1ccc(Nc2cccc3cccnc23)cc1F. The Morgan fingerprint density at radius 2 is 1.95 bits per heavy atom. The minimum atomic E-state index is -0.444. The van der Waals surface area contributed by atoms with Crippen LogP contribution >= 0.6 is 12.2 Å². The van der Waals surface area contributed by atoms with Gasteiger partial charge in [-0.3, -0.25) is 4.98 Å². The lowest BCUT2D eigenvalue weighted by Gasteiger charge is -2.10. The van der Waals surface area contributed by atoms with Crippen LogP contribution in [0.3, 0.4) is 0 Å². The lowest BCUT2D eigenvalue weighted by Crippen LogP contribution is -2.11. The van der Waals surface area contributed by atoms with Gasteiger partial charge in [0.1, 0.15) is 10.8 Å². The van der Waals surface area contributed by atoms with Crippen molar-refractivity contribution in [2.24, 2.45) is 5.73 Å². The Morgan fingerprint density at radius 1 is 1.14 bits per heavy atom. The Kier molecular flexibility index (Phi) is 3.50. The smallest absolute Gasteiger partial charge is 0.135 e. The van der Waals surface area contributed by atoms with E-state index in [0.717, 1.165) is 16.6 Å². The van der Waals surface area contributed by atoms with E-state index >= 15 is 0 Å². The molecule has 5 heteroatoms. The van der Waals surface area contributed by atoms with Gasteiger partial charge >= 0.3 is 0 Å². The van der Waals surface area contributed by atoms with Gasteiger partial charge in [0.05, 0.1) is 11.2 Å². The molecule has 0 radical (unpaired) electrons. The summed E-state index contributed by atoms with van der Waals surface area (Å²) in [5.41, 5.74) is 7.96. The molecule has 0 fully saturated rings. The van der Waals surface area contributed by atoms with E-state index in [1.807, 2.05) is 30.3 Å². The van der Waals surface area contributed by atoms with Gasteiger partial charge in [-0.2, -0.15) is 0 Å². The van der Waals surface area contributed by atoms with Crippen LogP contribution in [0.4, 0.5) is 15.8 Å². The number of rotatable bonds is 3. The Morgan fingerprint density at radius 3 is 2.71 bits per heavy atom. The maximum atomic E-state index is 13.9. The summed E-state index contributed by atoms with van der Waals surface area (Å²) in [6.07, 6.45) is 1.73. The molecule has 0 spiro atoms. The standard InChI is InChI=1S/C16H12FN3S/c17-13-9-11(6-7-12(13)16(18)21)20-14-5-1-3-10-4-2-8-19-15(10)14/h1-9,20H,(H2,18,21). The molecule has 0 bridgehead atoms. The fraction of sp³-hybridized carbons (Fsp3) is 0. The zero-order valence-electron chi connectivity index (χ0n) is 11.0. The van der Waals surface area contributed by atoms with Crippen LogP contribution in [0, 0.1) is 5.82 Å². The summed E-state index contributed by atoms with van der Waals surface area (Å²) >= 11 is 4.79. The van der Waals surface area contributed by atoms with Crippen molar-refractivity contribution in [1.82, 2.24) is 4.98 Å². The molecule has 21 heavy (non-hydrogen) atoms. The number of halogens is 1. The summed E-state index contributed by atoms with van der Waals surface area (Å²) in [6, 6.07) is 14.3. The van der Waals surface area contributed by atoms with E-state index in [9.17, 15) is 4.39 Å². The first kappa shape index (κ1) is 13.5. The molecule has 0 saturated heterocycles. The molecule has 1 heterocycles. The van der Waals surface area contributed by atoms with Gasteiger partial charge in [0, 0.05) is 22.8 Å². The molecule has 3 rings (SSSR count). The van der Waals surface area contributed by atoms with Gasteiger partial charge in [0.2, 0.25) is 0 Å². The molecular formula is C16H12FN3S. The van der Waals surface area contributed by atoms with Crippen LogP contribution in [-0.4, -0.2) is 9.97 Å². The molecule has 0 amide bonds. The van der Waals surface area contributed by atoms with Gasteiger partial charge in [0.25, 0.3) is 0 Å². The average Bonchev–Trinajstić information content (AvgIpc) is 2.47. The summed E-state index contributed by atoms with van der Waals surface area (Å²) in [7, 11) is 0. The Balaban J connectivity index is 1.99. The Bertz CT molecular complexity index is 827. The molecule has 3 nitrogen and oxygen atoms in total. The topological polar surface area (TPSA) is 50.9 Å². The number of anilines is 2. The zero-order chi connectivity index (χ0) is 14.8. The summed E-state index contributed by atoms with van der Waals surface area (Å²) in [5, 5.41) is 4.18. The van der Waals surface area contributed by atoms with Gasteiger partial charge in [-0.15, -0.1) is 0 Å². The highest BCUT2D eigenvalue weighted by molar-refractivity contribution is 7.80. The van der Waals surface area contributed by atoms with Crippen LogP contribution in [-0.2, 0) is 0 Å². The number of hydrogen-bond acceptors (Lipinski definition) is 3. The third-order valence-electron chi connectivity index (χ3n) is 3.15. The molecule has 3 N–H and O–H groups in total. The van der Waals surface area contributed by atoms with Crippen LogP contribution in [0.5, 0.6) is 0 Å². The number of para-hydroxylation sites is 1. The molecule has 2 aromatic carbocycles. The number of pyridine rings is 1. The predicted octanol–water partition coefficient (Wildman–Crippen LogP) is 3.75. The van der Waals surface area contributed by atoms with Crippen molar-refractivity contribution in [3.8, 4) is 0 Å². The lowest BCUT2D eigenvalue weighted by molar-refractivity contribution is 0.626. The third-order valence-corrected chi connectivity index (χ3v) is 3.37. The number of aromatic nitrogens is 1. The lowest BCUT2D eigenvalue weighted by atomic mass is 10.1. The van der Waals surface area contributed by atoms with Crippen LogP contribution in [0.2, 0.25) is 0 Å². The van der Waals surface area contributed by atoms with Gasteiger partial charge in [-0.05, 0) is 30.3 Å². The number of nitrogens with two attached hydrogens (primary N) is 1. The minimum Gasteiger partial charge on any atom is -0.389 e. The van der Waals surface area contributed by atoms with E-state index < -0.39 is 5.82 Å². The second-order valence-corrected chi connectivity index (χ2v) is 5.00. The van der Waals surface area contributed by atoms with E-state index in [1.54, 1.807) is 18.3 Å². The van der Waals surface area contributed by atoms with E-state index in [1.165, 1.54) is 6.07 Å². The van der Waals surface area contributed by atoms with Crippen LogP contribution in [0.15, 0.2) is 54.7 Å². The summed E-state index contributed by atoms with van der Waals surface area (Å²) in [5.74, 6) is -0.444. The van der Waals surface area contributed by atoms with Crippen molar-refractivity contribution in [2.45, 2.75) is 0 Å². The van der Waals surface area contributed by atoms with Crippen molar-refractivity contribution in [3.63, 3.8) is 0 Å². The maximum Gasteiger partial charge on any atom is 0.135 e. The molecule has 3 aromatic rings. The molecular weight excluding hydrogens is 285 g/mol. The first-order chi connectivity index (χ1) is 10.1. The molecule has 0 unspecified atom stereocenters. The molecule has 1 aromatic heterocycles. The first-order valence-corrected chi connectivity index (χ1v) is 6.76. The molecule has 0 aliphatic rings. The van der Waals surface area contributed by atoms with Crippen molar-refractivity contribution in [1.29, 1.82) is 0 Å². The number of fused-ring (bicyclic) bond motifs is 1. The average molecular weight is 297 g/mol. The highest BCUT2D eigenvalue weighted by atomic mass is 32.1. The summed E-state index contributed by atoms with van der Waals surface area (Å²) < 4.78 is 13.9. The van der Waals surface area contributed by atoms with Crippen LogP contribution < -0.4 is 11.1 Å². The number of thiocarbonyl (C=S) groups is 1. The minimum absolute atomic E-state index is 0.0471. The van der Waals surface area contributed by atoms with Crippen molar-refractivity contribution in [3.05, 3.63) is 66.1 Å². The number of hydrogen-bond donors (Lipinski definition) is 2. The van der Waals surface area contributed by atoms with Gasteiger partial charge in [-0.1, -0.05) is 30.4 Å². The van der Waals surface area contributed by atoms with E-state index in [2.05, 4.69) is 10.3 Å². The van der Waals surface area contributed by atoms with E-state index in [-0.39, 0.29) is 10.6 Å². The third kappa shape index (κ3) is 2.68. The normalized spacial score (nSPS) is 10.5. The molecule has 104 valence electrons. The second-order valence-electron chi connectivity index (χ2n) is 4.56. The van der Waals surface area contributed by atoms with Crippen molar-refractivity contribution in [2.75, 3.05) is 5.32 Å². The van der Waals surface area contributed by atoms with Gasteiger partial charge in [0.15, 0.2) is 0 Å². The predicted molar refractivity (Wildman–Crippen MR) is 87.3 cm³/mol. The quantitative estimate of drug-likeness (QED) is 0.723. The summed E-state index contributed by atoms with van der Waals surface area (Å²) in [4.78, 5) is 4.40. The monoisotopic (exact) mass is 297 g/mol. The van der Waals surface area contributed by atoms with Gasteiger partial charge in [-0.25, -0.2) is 4.39 Å². The number of nitrogens with zero attached hydrogens (tertiary/aromatic N) is 1. The maximum absolute atomic E-state index is 13.9. The Labute approximate surface area is 126 Å². The molecule has 0 aliphatic heterocycles. The Hall–Kier alpha value is -2.53. The van der Waals surface area contributed by atoms with E-state index in [0.29, 0.717) is 5.69 Å².